The van der Waals surface area contributed by atoms with E-state index in [0.29, 0.717) is 5.92 Å². The van der Waals surface area contributed by atoms with Gasteiger partial charge in [0.1, 0.15) is 0 Å². The molecule has 2 N–H and O–H groups in total. The zero-order valence-electron chi connectivity index (χ0n) is 5.78. The van der Waals surface area contributed by atoms with Crippen molar-refractivity contribution < 1.29 is 0 Å². The van der Waals surface area contributed by atoms with E-state index in [1.807, 2.05) is 0 Å². The van der Waals surface area contributed by atoms with Crippen molar-refractivity contribution in [2.45, 2.75) is 38.6 Å². The van der Waals surface area contributed by atoms with Gasteiger partial charge in [0.15, 0.2) is 0 Å². The van der Waals surface area contributed by atoms with Crippen LogP contribution in [-0.4, -0.2) is 5.54 Å². The molecular weight excluding hydrogens is 98.1 g/mol. The summed E-state index contributed by atoms with van der Waals surface area (Å²) in [6, 6.07) is 0. The Morgan fingerprint density at radius 3 is 1.88 bits per heavy atom. The smallest absolute Gasteiger partial charge is 0.0177 e. The standard InChI is InChI=1S/C7H15N/c1-6(2)7(8)4-3-5-7/h6H,3-5,8H2,1-2H3. The zero-order chi connectivity index (χ0) is 6.20. The first-order chi connectivity index (χ1) is 3.65. The molecule has 0 bridgehead atoms. The lowest BCUT2D eigenvalue weighted by Crippen LogP contribution is -2.50. The summed E-state index contributed by atoms with van der Waals surface area (Å²) >= 11 is 0. The van der Waals surface area contributed by atoms with Gasteiger partial charge in [-0.2, -0.15) is 0 Å². The molecule has 0 amide bonds. The molecule has 1 aliphatic carbocycles. The predicted molar refractivity (Wildman–Crippen MR) is 35.6 cm³/mol. The highest BCUT2D eigenvalue weighted by Gasteiger charge is 2.35. The molecule has 0 aliphatic heterocycles. The van der Waals surface area contributed by atoms with Gasteiger partial charge >= 0.3 is 0 Å². The van der Waals surface area contributed by atoms with E-state index in [4.69, 9.17) is 5.73 Å². The van der Waals surface area contributed by atoms with Crippen LogP contribution in [0.2, 0.25) is 0 Å². The minimum Gasteiger partial charge on any atom is -0.325 e. The summed E-state index contributed by atoms with van der Waals surface area (Å²) in [5.74, 6) is 0.677. The SMILES string of the molecule is CC(C)C1(N)CCC1. The molecule has 48 valence electrons. The molecule has 1 saturated carbocycles. The molecule has 0 saturated heterocycles. The molecule has 1 fully saturated rings. The van der Waals surface area contributed by atoms with Gasteiger partial charge in [-0.15, -0.1) is 0 Å². The van der Waals surface area contributed by atoms with Gasteiger partial charge in [-0.1, -0.05) is 13.8 Å². The van der Waals surface area contributed by atoms with Crippen LogP contribution in [-0.2, 0) is 0 Å². The maximum atomic E-state index is 5.95. The van der Waals surface area contributed by atoms with E-state index in [1.54, 1.807) is 0 Å². The fraction of sp³-hybridized carbons (Fsp3) is 1.00. The van der Waals surface area contributed by atoms with Gasteiger partial charge in [0.05, 0.1) is 0 Å². The zero-order valence-corrected chi connectivity index (χ0v) is 5.78. The molecule has 0 radical (unpaired) electrons. The van der Waals surface area contributed by atoms with Crippen LogP contribution < -0.4 is 5.73 Å². The number of rotatable bonds is 1. The average Bonchev–Trinajstić information content (AvgIpc) is 1.60. The average molecular weight is 113 g/mol. The Labute approximate surface area is 51.3 Å². The Morgan fingerprint density at radius 1 is 1.38 bits per heavy atom. The molecule has 1 rings (SSSR count). The van der Waals surface area contributed by atoms with Gasteiger partial charge < -0.3 is 5.73 Å². The maximum Gasteiger partial charge on any atom is 0.0177 e. The number of hydrogen-bond acceptors (Lipinski definition) is 1. The number of hydrogen-bond donors (Lipinski definition) is 1. The van der Waals surface area contributed by atoms with E-state index in [9.17, 15) is 0 Å². The van der Waals surface area contributed by atoms with Gasteiger partial charge in [-0.05, 0) is 25.2 Å². The van der Waals surface area contributed by atoms with Crippen molar-refractivity contribution in [2.24, 2.45) is 11.7 Å². The van der Waals surface area contributed by atoms with Crippen LogP contribution in [0.3, 0.4) is 0 Å². The van der Waals surface area contributed by atoms with E-state index >= 15 is 0 Å². The highest BCUT2D eigenvalue weighted by Crippen LogP contribution is 2.35. The van der Waals surface area contributed by atoms with Crippen LogP contribution in [0.15, 0.2) is 0 Å². The first-order valence-corrected chi connectivity index (χ1v) is 3.44. The van der Waals surface area contributed by atoms with Crippen LogP contribution in [0, 0.1) is 5.92 Å². The summed E-state index contributed by atoms with van der Waals surface area (Å²) in [5, 5.41) is 0. The summed E-state index contributed by atoms with van der Waals surface area (Å²) < 4.78 is 0. The Balaban J connectivity index is 2.41. The predicted octanol–water partition coefficient (Wildman–Crippen LogP) is 1.52. The van der Waals surface area contributed by atoms with Crippen molar-refractivity contribution in [1.29, 1.82) is 0 Å². The fourth-order valence-corrected chi connectivity index (χ4v) is 1.16. The van der Waals surface area contributed by atoms with E-state index in [2.05, 4.69) is 13.8 Å². The Bertz CT molecular complexity index is 82.4. The summed E-state index contributed by atoms with van der Waals surface area (Å²) in [4.78, 5) is 0. The second kappa shape index (κ2) is 1.73. The fourth-order valence-electron chi connectivity index (χ4n) is 1.16. The summed E-state index contributed by atoms with van der Waals surface area (Å²) in [7, 11) is 0. The van der Waals surface area contributed by atoms with Gasteiger partial charge in [0.2, 0.25) is 0 Å². The normalized spacial score (nSPS) is 25.5. The second-order valence-corrected chi connectivity index (χ2v) is 3.24. The van der Waals surface area contributed by atoms with Crippen LogP contribution >= 0.6 is 0 Å². The van der Waals surface area contributed by atoms with Gasteiger partial charge in [-0.25, -0.2) is 0 Å². The Morgan fingerprint density at radius 2 is 1.88 bits per heavy atom. The third-order valence-corrected chi connectivity index (χ3v) is 2.43. The molecule has 1 nitrogen and oxygen atoms in total. The monoisotopic (exact) mass is 113 g/mol. The molecule has 0 aromatic carbocycles. The topological polar surface area (TPSA) is 26.0 Å². The van der Waals surface area contributed by atoms with Crippen LogP contribution in [0.25, 0.3) is 0 Å². The quantitative estimate of drug-likeness (QED) is 0.548. The Hall–Kier alpha value is -0.0400. The minimum atomic E-state index is 0.222. The van der Waals surface area contributed by atoms with Crippen molar-refractivity contribution in [3.05, 3.63) is 0 Å². The van der Waals surface area contributed by atoms with Crippen LogP contribution in [0.1, 0.15) is 33.1 Å². The second-order valence-electron chi connectivity index (χ2n) is 3.24. The van der Waals surface area contributed by atoms with Gasteiger partial charge in [0, 0.05) is 5.54 Å². The number of nitrogens with two attached hydrogens (primary N) is 1. The largest absolute Gasteiger partial charge is 0.325 e. The lowest BCUT2D eigenvalue weighted by atomic mass is 9.70. The molecule has 8 heavy (non-hydrogen) atoms. The van der Waals surface area contributed by atoms with E-state index in [-0.39, 0.29) is 5.54 Å². The summed E-state index contributed by atoms with van der Waals surface area (Å²) in [5.41, 5.74) is 6.17. The third kappa shape index (κ3) is 0.752. The molecule has 0 heterocycles. The van der Waals surface area contributed by atoms with Crippen molar-refractivity contribution in [3.63, 3.8) is 0 Å². The minimum absolute atomic E-state index is 0.222. The first kappa shape index (κ1) is 6.09. The summed E-state index contributed by atoms with van der Waals surface area (Å²) in [6.07, 6.45) is 3.82. The highest BCUT2D eigenvalue weighted by atomic mass is 14.8. The lowest BCUT2D eigenvalue weighted by Gasteiger charge is -2.41. The van der Waals surface area contributed by atoms with Crippen molar-refractivity contribution in [3.8, 4) is 0 Å². The van der Waals surface area contributed by atoms with Crippen molar-refractivity contribution >= 4 is 0 Å². The first-order valence-electron chi connectivity index (χ1n) is 3.44. The molecule has 0 atom stereocenters. The molecule has 0 aromatic rings. The molecule has 0 aromatic heterocycles. The van der Waals surface area contributed by atoms with Gasteiger partial charge in [-0.3, -0.25) is 0 Å². The summed E-state index contributed by atoms with van der Waals surface area (Å²) in [6.45, 7) is 4.42. The molecular formula is C7H15N. The Kier molecular flexibility index (Phi) is 1.31. The molecule has 1 heteroatoms. The highest BCUT2D eigenvalue weighted by molar-refractivity contribution is 4.94. The molecule has 1 aliphatic rings. The van der Waals surface area contributed by atoms with Crippen molar-refractivity contribution in [2.75, 3.05) is 0 Å². The van der Waals surface area contributed by atoms with E-state index < -0.39 is 0 Å². The van der Waals surface area contributed by atoms with E-state index in [0.717, 1.165) is 0 Å². The van der Waals surface area contributed by atoms with E-state index in [1.165, 1.54) is 19.3 Å². The van der Waals surface area contributed by atoms with Crippen LogP contribution in [0.4, 0.5) is 0 Å². The van der Waals surface area contributed by atoms with Crippen molar-refractivity contribution in [1.82, 2.24) is 0 Å². The lowest BCUT2D eigenvalue weighted by molar-refractivity contribution is 0.177. The molecule has 0 spiro atoms. The van der Waals surface area contributed by atoms with Gasteiger partial charge in [0.25, 0.3) is 0 Å². The third-order valence-electron chi connectivity index (χ3n) is 2.43. The molecule has 0 unspecified atom stereocenters. The maximum absolute atomic E-state index is 5.95. The van der Waals surface area contributed by atoms with Crippen LogP contribution in [0.5, 0.6) is 0 Å².